The van der Waals surface area contributed by atoms with Crippen LogP contribution in [0.15, 0.2) is 24.3 Å². The molecule has 1 atom stereocenters. The number of hydrogen-bond donors (Lipinski definition) is 0. The van der Waals surface area contributed by atoms with Crippen LogP contribution in [0.5, 0.6) is 5.75 Å². The van der Waals surface area contributed by atoms with Crippen LogP contribution in [0.25, 0.3) is 0 Å². The minimum atomic E-state index is -6.18. The van der Waals surface area contributed by atoms with Crippen molar-refractivity contribution in [2.24, 2.45) is 0 Å². The Labute approximate surface area is 142 Å². The maximum Gasteiger partial charge on any atom is 0.534 e. The molecule has 0 amide bonds. The Morgan fingerprint density at radius 2 is 1.38 bits per heavy atom. The van der Waals surface area contributed by atoms with Gasteiger partial charge in [0.25, 0.3) is 0 Å². The van der Waals surface area contributed by atoms with Crippen LogP contribution in [0.4, 0.5) is 26.3 Å². The minimum Gasteiger partial charge on any atom is -0.375 e. The predicted molar refractivity (Wildman–Crippen MR) is 71.9 cm³/mol. The number of carbonyl (C=O) groups excluding carboxylic acids is 1. The second-order valence-corrected chi connectivity index (χ2v) is 7.58. The molecule has 0 fully saturated rings. The molecule has 7 nitrogen and oxygen atoms in total. The fraction of sp³-hybridized carbons (Fsp3) is 0.364. The topological polar surface area (TPSA) is 104 Å². The zero-order valence-corrected chi connectivity index (χ0v) is 14.0. The van der Waals surface area contributed by atoms with Gasteiger partial charge < -0.3 is 4.18 Å². The van der Waals surface area contributed by atoms with E-state index in [0.717, 1.165) is 12.1 Å². The summed E-state index contributed by atoms with van der Waals surface area (Å²) in [5.74, 6) is -2.74. The monoisotopic (exact) mass is 430 g/mol. The molecule has 0 aromatic heterocycles. The number of hydrogen-bond acceptors (Lipinski definition) is 7. The highest BCUT2D eigenvalue weighted by Gasteiger charge is 2.50. The molecule has 0 heterocycles. The summed E-state index contributed by atoms with van der Waals surface area (Å²) in [6.45, 7) is 0.570. The normalized spacial score (nSPS) is 14.7. The maximum absolute atomic E-state index is 12.3. The molecule has 148 valence electrons. The molecule has 1 aromatic carbocycles. The number of benzene rings is 1. The summed E-state index contributed by atoms with van der Waals surface area (Å²) in [7, 11) is -12.4. The van der Waals surface area contributed by atoms with E-state index in [1.165, 1.54) is 0 Å². The molecule has 0 aliphatic heterocycles. The average Bonchev–Trinajstić information content (AvgIpc) is 2.43. The quantitative estimate of drug-likeness (QED) is 0.295. The Bertz CT molecular complexity index is 886. The Hall–Kier alpha value is -1.87. The van der Waals surface area contributed by atoms with E-state index in [0.29, 0.717) is 19.1 Å². The highest BCUT2D eigenvalue weighted by Crippen LogP contribution is 2.31. The van der Waals surface area contributed by atoms with Crippen LogP contribution in [0.1, 0.15) is 17.3 Å². The summed E-state index contributed by atoms with van der Waals surface area (Å²) >= 11 is 0. The molecule has 15 heteroatoms. The summed E-state index contributed by atoms with van der Waals surface area (Å²) in [5, 5.41) is 0. The highest BCUT2D eigenvalue weighted by atomic mass is 32.2. The first-order valence-electron chi connectivity index (χ1n) is 6.13. The molecule has 0 aliphatic rings. The molecule has 1 rings (SSSR count). The summed E-state index contributed by atoms with van der Waals surface area (Å²) < 4.78 is 125. The second kappa shape index (κ2) is 7.03. The molecule has 0 aliphatic carbocycles. The van der Waals surface area contributed by atoms with Gasteiger partial charge in [-0.15, -0.1) is 0 Å². The lowest BCUT2D eigenvalue weighted by molar-refractivity contribution is -0.0558. The molecule has 26 heavy (non-hydrogen) atoms. The van der Waals surface area contributed by atoms with Crippen molar-refractivity contribution in [3.63, 3.8) is 0 Å². The number of ketones is 1. The zero-order valence-electron chi connectivity index (χ0n) is 12.3. The third-order valence-corrected chi connectivity index (χ3v) is 4.63. The maximum atomic E-state index is 12.3. The van der Waals surface area contributed by atoms with Crippen molar-refractivity contribution in [2.45, 2.75) is 24.0 Å². The lowest BCUT2D eigenvalue weighted by atomic mass is 10.1. The predicted octanol–water partition coefficient (Wildman–Crippen LogP) is 2.35. The van der Waals surface area contributed by atoms with E-state index in [4.69, 9.17) is 0 Å². The van der Waals surface area contributed by atoms with Crippen LogP contribution in [0.2, 0.25) is 0 Å². The van der Waals surface area contributed by atoms with Crippen molar-refractivity contribution in [1.82, 2.24) is 0 Å². The van der Waals surface area contributed by atoms with Crippen molar-refractivity contribution in [3.05, 3.63) is 29.8 Å². The summed E-state index contributed by atoms with van der Waals surface area (Å²) in [6, 6.07) is 3.31. The van der Waals surface area contributed by atoms with E-state index in [-0.39, 0.29) is 0 Å². The van der Waals surface area contributed by atoms with E-state index < -0.39 is 54.5 Å². The standard InChI is InChI=1S/C11H8F6O7S2/c1-6(23-25(19,20)10(12,13)14)9(18)7-4-2-3-5-8(7)24-26(21,22)11(15,16)17/h2-6H,1H3. The van der Waals surface area contributed by atoms with Crippen LogP contribution >= 0.6 is 0 Å². The minimum absolute atomic E-state index is 0.570. The number of halogens is 6. The number of para-hydroxylation sites is 1. The molecule has 0 N–H and O–H groups in total. The van der Waals surface area contributed by atoms with E-state index >= 15 is 0 Å². The SMILES string of the molecule is CC(OS(=O)(=O)C(F)(F)F)C(=O)c1ccccc1OS(=O)(=O)C(F)(F)F. The first-order valence-corrected chi connectivity index (χ1v) is 8.95. The van der Waals surface area contributed by atoms with Crippen molar-refractivity contribution in [2.75, 3.05) is 0 Å². The Morgan fingerprint density at radius 1 is 0.923 bits per heavy atom. The van der Waals surface area contributed by atoms with Gasteiger partial charge in [0.2, 0.25) is 0 Å². The molecule has 0 radical (unpaired) electrons. The van der Waals surface area contributed by atoms with Crippen molar-refractivity contribution >= 4 is 26.0 Å². The van der Waals surface area contributed by atoms with Gasteiger partial charge in [0.15, 0.2) is 11.5 Å². The van der Waals surface area contributed by atoms with Gasteiger partial charge in [-0.25, -0.2) is 0 Å². The first kappa shape index (κ1) is 22.2. The summed E-state index contributed by atoms with van der Waals surface area (Å²) in [6.07, 6.45) is -2.33. The third kappa shape index (κ3) is 4.85. The van der Waals surface area contributed by atoms with Crippen LogP contribution in [-0.4, -0.2) is 39.7 Å². The highest BCUT2D eigenvalue weighted by molar-refractivity contribution is 7.88. The molecule has 0 saturated heterocycles. The van der Waals surface area contributed by atoms with Crippen molar-refractivity contribution < 1.29 is 56.3 Å². The second-order valence-electron chi connectivity index (χ2n) is 4.48. The number of carbonyl (C=O) groups is 1. The van der Waals surface area contributed by atoms with Crippen molar-refractivity contribution in [1.29, 1.82) is 0 Å². The van der Waals surface area contributed by atoms with Crippen molar-refractivity contribution in [3.8, 4) is 5.75 Å². The lowest BCUT2D eigenvalue weighted by Gasteiger charge is -2.16. The van der Waals surface area contributed by atoms with Crippen LogP contribution < -0.4 is 4.18 Å². The summed E-state index contributed by atoms with van der Waals surface area (Å²) in [5.41, 5.74) is -12.6. The smallest absolute Gasteiger partial charge is 0.375 e. The number of Topliss-reactive ketones (excluding diaryl/α,β-unsaturated/α-hetero) is 1. The first-order chi connectivity index (χ1) is 11.5. The molecule has 1 unspecified atom stereocenters. The van der Waals surface area contributed by atoms with Gasteiger partial charge in [-0.1, -0.05) is 12.1 Å². The molecular weight excluding hydrogens is 422 g/mol. The summed E-state index contributed by atoms with van der Waals surface area (Å²) in [4.78, 5) is 12.0. The largest absolute Gasteiger partial charge is 0.534 e. The van der Waals surface area contributed by atoms with Gasteiger partial charge >= 0.3 is 31.3 Å². The number of alkyl halides is 6. The zero-order chi connectivity index (χ0) is 20.6. The Kier molecular flexibility index (Phi) is 6.00. The molecule has 0 spiro atoms. The van der Waals surface area contributed by atoms with Gasteiger partial charge in [-0.2, -0.15) is 43.2 Å². The molecular formula is C11H8F6O7S2. The average molecular weight is 430 g/mol. The fourth-order valence-corrected chi connectivity index (χ4v) is 2.47. The molecule has 0 bridgehead atoms. The van der Waals surface area contributed by atoms with Gasteiger partial charge in [0, 0.05) is 0 Å². The van der Waals surface area contributed by atoms with Crippen LogP contribution in [-0.2, 0) is 24.4 Å². The van der Waals surface area contributed by atoms with Gasteiger partial charge in [-0.3, -0.25) is 8.98 Å². The van der Waals surface area contributed by atoms with E-state index in [2.05, 4.69) is 8.37 Å². The molecule has 0 saturated carbocycles. The Balaban J connectivity index is 3.20. The lowest BCUT2D eigenvalue weighted by Crippen LogP contribution is -2.33. The van der Waals surface area contributed by atoms with Gasteiger partial charge in [-0.05, 0) is 19.1 Å². The Morgan fingerprint density at radius 3 is 1.85 bits per heavy atom. The third-order valence-electron chi connectivity index (χ3n) is 2.56. The van der Waals surface area contributed by atoms with Crippen LogP contribution in [0.3, 0.4) is 0 Å². The van der Waals surface area contributed by atoms with Crippen LogP contribution in [0, 0.1) is 0 Å². The molecule has 1 aromatic rings. The van der Waals surface area contributed by atoms with Gasteiger partial charge in [0.05, 0.1) is 5.56 Å². The van der Waals surface area contributed by atoms with E-state index in [1.807, 2.05) is 0 Å². The van der Waals surface area contributed by atoms with E-state index in [9.17, 15) is 48.0 Å². The van der Waals surface area contributed by atoms with Gasteiger partial charge in [0.1, 0.15) is 6.10 Å². The van der Waals surface area contributed by atoms with E-state index in [1.54, 1.807) is 0 Å². The number of rotatable bonds is 6. The fourth-order valence-electron chi connectivity index (χ4n) is 1.42.